The van der Waals surface area contributed by atoms with Crippen LogP contribution in [-0.4, -0.2) is 6.04 Å². The van der Waals surface area contributed by atoms with Crippen LogP contribution in [0.2, 0.25) is 0 Å². The van der Waals surface area contributed by atoms with Crippen molar-refractivity contribution in [3.8, 4) is 0 Å². The molecule has 0 aliphatic heterocycles. The third kappa shape index (κ3) is 4.81. The van der Waals surface area contributed by atoms with Gasteiger partial charge in [0.2, 0.25) is 0 Å². The molecule has 1 heteroatoms. The van der Waals surface area contributed by atoms with Crippen molar-refractivity contribution < 1.29 is 0 Å². The molecule has 1 fully saturated rings. The molecule has 0 amide bonds. The van der Waals surface area contributed by atoms with E-state index in [0.717, 1.165) is 18.8 Å². The molecule has 1 unspecified atom stereocenters. The fourth-order valence-electron chi connectivity index (χ4n) is 3.07. The highest BCUT2D eigenvalue weighted by Crippen LogP contribution is 2.27. The standard InChI is InChI=1S/C17H27N/c18-17(13-11-15-7-3-1-4-8-15)14-12-16-9-5-2-6-10-16/h1,3-4,7-8,16-17H,2,5-6,9-14,18H2. The van der Waals surface area contributed by atoms with E-state index in [0.29, 0.717) is 6.04 Å². The molecule has 0 spiro atoms. The molecule has 2 rings (SSSR count). The summed E-state index contributed by atoms with van der Waals surface area (Å²) in [6, 6.07) is 11.1. The van der Waals surface area contributed by atoms with E-state index in [1.165, 1.54) is 50.5 Å². The number of hydrogen-bond donors (Lipinski definition) is 1. The topological polar surface area (TPSA) is 26.0 Å². The van der Waals surface area contributed by atoms with Gasteiger partial charge in [-0.05, 0) is 37.2 Å². The van der Waals surface area contributed by atoms with Crippen LogP contribution in [0.15, 0.2) is 30.3 Å². The van der Waals surface area contributed by atoms with E-state index >= 15 is 0 Å². The molecule has 1 aliphatic rings. The first-order valence-electron chi connectivity index (χ1n) is 7.64. The maximum absolute atomic E-state index is 6.24. The van der Waals surface area contributed by atoms with E-state index in [1.54, 1.807) is 0 Å². The summed E-state index contributed by atoms with van der Waals surface area (Å²) in [5.74, 6) is 0.974. The number of aryl methyl sites for hydroxylation is 1. The smallest absolute Gasteiger partial charge is 0.00420 e. The fourth-order valence-corrected chi connectivity index (χ4v) is 3.07. The minimum atomic E-state index is 0.395. The van der Waals surface area contributed by atoms with Gasteiger partial charge in [0.05, 0.1) is 0 Å². The average Bonchev–Trinajstić information content (AvgIpc) is 2.45. The molecule has 1 aromatic rings. The van der Waals surface area contributed by atoms with Crippen LogP contribution in [0.25, 0.3) is 0 Å². The summed E-state index contributed by atoms with van der Waals surface area (Å²) in [4.78, 5) is 0. The molecular weight excluding hydrogens is 218 g/mol. The minimum Gasteiger partial charge on any atom is -0.328 e. The summed E-state index contributed by atoms with van der Waals surface area (Å²) in [7, 11) is 0. The Morgan fingerprint density at radius 3 is 2.44 bits per heavy atom. The number of rotatable bonds is 6. The highest BCUT2D eigenvalue weighted by atomic mass is 14.6. The zero-order valence-electron chi connectivity index (χ0n) is 11.5. The molecular formula is C17H27N. The Hall–Kier alpha value is -0.820. The Balaban J connectivity index is 1.61. The quantitative estimate of drug-likeness (QED) is 0.794. The lowest BCUT2D eigenvalue weighted by Crippen LogP contribution is -2.22. The largest absolute Gasteiger partial charge is 0.328 e. The number of hydrogen-bond acceptors (Lipinski definition) is 1. The van der Waals surface area contributed by atoms with Crippen LogP contribution in [-0.2, 0) is 6.42 Å². The Morgan fingerprint density at radius 2 is 1.72 bits per heavy atom. The van der Waals surface area contributed by atoms with Gasteiger partial charge in [0.15, 0.2) is 0 Å². The molecule has 0 radical (unpaired) electrons. The third-order valence-corrected chi connectivity index (χ3v) is 4.32. The Labute approximate surface area is 112 Å². The predicted molar refractivity (Wildman–Crippen MR) is 78.5 cm³/mol. The van der Waals surface area contributed by atoms with Gasteiger partial charge in [0, 0.05) is 6.04 Å². The molecule has 1 aromatic carbocycles. The molecule has 18 heavy (non-hydrogen) atoms. The molecule has 1 nitrogen and oxygen atoms in total. The van der Waals surface area contributed by atoms with Gasteiger partial charge in [-0.15, -0.1) is 0 Å². The van der Waals surface area contributed by atoms with E-state index in [-0.39, 0.29) is 0 Å². The van der Waals surface area contributed by atoms with E-state index < -0.39 is 0 Å². The van der Waals surface area contributed by atoms with Gasteiger partial charge in [-0.1, -0.05) is 62.4 Å². The van der Waals surface area contributed by atoms with Crippen LogP contribution in [0.4, 0.5) is 0 Å². The summed E-state index contributed by atoms with van der Waals surface area (Å²) in [5.41, 5.74) is 7.66. The van der Waals surface area contributed by atoms with Gasteiger partial charge in [0.25, 0.3) is 0 Å². The average molecular weight is 245 g/mol. The lowest BCUT2D eigenvalue weighted by molar-refractivity contribution is 0.321. The molecule has 1 aliphatic carbocycles. The van der Waals surface area contributed by atoms with Gasteiger partial charge < -0.3 is 5.73 Å². The van der Waals surface area contributed by atoms with Crippen molar-refractivity contribution in [3.05, 3.63) is 35.9 Å². The monoisotopic (exact) mass is 245 g/mol. The van der Waals surface area contributed by atoms with Crippen LogP contribution in [0.3, 0.4) is 0 Å². The van der Waals surface area contributed by atoms with Crippen LogP contribution in [0, 0.1) is 5.92 Å². The van der Waals surface area contributed by atoms with Crippen LogP contribution < -0.4 is 5.73 Å². The Morgan fingerprint density at radius 1 is 1.00 bits per heavy atom. The van der Waals surface area contributed by atoms with Crippen molar-refractivity contribution in [2.75, 3.05) is 0 Å². The molecule has 1 saturated carbocycles. The maximum Gasteiger partial charge on any atom is 0.00420 e. The van der Waals surface area contributed by atoms with Crippen molar-refractivity contribution >= 4 is 0 Å². The molecule has 0 heterocycles. The molecule has 0 aromatic heterocycles. The van der Waals surface area contributed by atoms with E-state index in [9.17, 15) is 0 Å². The van der Waals surface area contributed by atoms with Crippen molar-refractivity contribution in [1.29, 1.82) is 0 Å². The van der Waals surface area contributed by atoms with Crippen LogP contribution in [0.1, 0.15) is 56.9 Å². The number of benzene rings is 1. The third-order valence-electron chi connectivity index (χ3n) is 4.32. The first-order chi connectivity index (χ1) is 8.84. The van der Waals surface area contributed by atoms with Crippen LogP contribution in [0.5, 0.6) is 0 Å². The molecule has 100 valence electrons. The van der Waals surface area contributed by atoms with Crippen molar-refractivity contribution in [2.45, 2.75) is 63.8 Å². The minimum absolute atomic E-state index is 0.395. The zero-order valence-corrected chi connectivity index (χ0v) is 11.5. The lowest BCUT2D eigenvalue weighted by atomic mass is 9.85. The lowest BCUT2D eigenvalue weighted by Gasteiger charge is -2.22. The van der Waals surface area contributed by atoms with Crippen molar-refractivity contribution in [1.82, 2.24) is 0 Å². The number of nitrogens with two attached hydrogens (primary N) is 1. The Kier molecular flexibility index (Phi) is 5.73. The summed E-state index contributed by atoms with van der Waals surface area (Å²) < 4.78 is 0. The molecule has 1 atom stereocenters. The normalized spacial score (nSPS) is 18.7. The summed E-state index contributed by atoms with van der Waals surface area (Å²) in [5, 5.41) is 0. The zero-order chi connectivity index (χ0) is 12.6. The van der Waals surface area contributed by atoms with Crippen LogP contribution >= 0.6 is 0 Å². The first kappa shape index (κ1) is 13.6. The van der Waals surface area contributed by atoms with Gasteiger partial charge in [0.1, 0.15) is 0 Å². The van der Waals surface area contributed by atoms with Gasteiger partial charge in [-0.25, -0.2) is 0 Å². The SMILES string of the molecule is NC(CCc1ccccc1)CCC1CCCCC1. The van der Waals surface area contributed by atoms with E-state index in [4.69, 9.17) is 5.73 Å². The maximum atomic E-state index is 6.24. The first-order valence-corrected chi connectivity index (χ1v) is 7.64. The van der Waals surface area contributed by atoms with E-state index in [2.05, 4.69) is 30.3 Å². The van der Waals surface area contributed by atoms with Crippen molar-refractivity contribution in [3.63, 3.8) is 0 Å². The summed E-state index contributed by atoms with van der Waals surface area (Å²) >= 11 is 0. The fraction of sp³-hybridized carbons (Fsp3) is 0.647. The molecule has 0 bridgehead atoms. The van der Waals surface area contributed by atoms with Gasteiger partial charge >= 0.3 is 0 Å². The second-order valence-corrected chi connectivity index (χ2v) is 5.87. The molecule has 2 N–H and O–H groups in total. The van der Waals surface area contributed by atoms with Gasteiger partial charge in [-0.2, -0.15) is 0 Å². The summed E-state index contributed by atoms with van der Waals surface area (Å²) in [6.45, 7) is 0. The second-order valence-electron chi connectivity index (χ2n) is 5.87. The van der Waals surface area contributed by atoms with Gasteiger partial charge in [-0.3, -0.25) is 0 Å². The predicted octanol–water partition coefficient (Wildman–Crippen LogP) is 4.31. The highest BCUT2D eigenvalue weighted by molar-refractivity contribution is 5.14. The summed E-state index contributed by atoms with van der Waals surface area (Å²) in [6.07, 6.45) is 12.1. The van der Waals surface area contributed by atoms with Crippen molar-refractivity contribution in [2.24, 2.45) is 11.7 Å². The Bertz CT molecular complexity index is 314. The molecule has 0 saturated heterocycles. The van der Waals surface area contributed by atoms with E-state index in [1.807, 2.05) is 0 Å². The highest BCUT2D eigenvalue weighted by Gasteiger charge is 2.14. The second kappa shape index (κ2) is 7.58.